The number of likely N-dealkylation sites (tertiary alicyclic amines) is 1. The Labute approximate surface area is 192 Å². The van der Waals surface area contributed by atoms with E-state index in [1.165, 1.54) is 12.1 Å². The van der Waals surface area contributed by atoms with Gasteiger partial charge in [-0.05, 0) is 81.3 Å². The number of imidazole rings is 1. The number of hydrogen-bond donors (Lipinski definition) is 1. The summed E-state index contributed by atoms with van der Waals surface area (Å²) in [6, 6.07) is 4.77. The van der Waals surface area contributed by atoms with Crippen molar-refractivity contribution in [2.45, 2.75) is 51.5 Å². The first-order valence-corrected chi connectivity index (χ1v) is 12.2. The van der Waals surface area contributed by atoms with Crippen molar-refractivity contribution in [1.29, 1.82) is 0 Å². The van der Waals surface area contributed by atoms with Gasteiger partial charge >= 0.3 is 6.09 Å². The van der Waals surface area contributed by atoms with Gasteiger partial charge in [0, 0.05) is 24.6 Å². The Hall–Kier alpha value is -2.64. The van der Waals surface area contributed by atoms with E-state index in [9.17, 15) is 14.0 Å². The Kier molecular flexibility index (Phi) is 4.72. The van der Waals surface area contributed by atoms with Crippen LogP contribution in [0, 0.1) is 41.8 Å². The van der Waals surface area contributed by atoms with Crippen LogP contribution < -0.4 is 5.73 Å². The van der Waals surface area contributed by atoms with Crippen molar-refractivity contribution in [3.05, 3.63) is 29.8 Å². The van der Waals surface area contributed by atoms with Crippen LogP contribution in [0.1, 0.15) is 50.4 Å². The molecule has 0 radical (unpaired) electrons. The number of amides is 2. The number of carbonyl (C=O) groups excluding carboxylic acids is 2. The second-order valence-electron chi connectivity index (χ2n) is 10.9. The van der Waals surface area contributed by atoms with Crippen LogP contribution in [0.5, 0.6) is 0 Å². The lowest BCUT2D eigenvalue weighted by atomic mass is 9.46. The molecule has 1 aromatic carbocycles. The number of aryl methyl sites for hydroxylation is 1. The van der Waals surface area contributed by atoms with E-state index >= 15 is 0 Å². The molecule has 1 saturated heterocycles. The van der Waals surface area contributed by atoms with E-state index in [1.54, 1.807) is 11.0 Å². The summed E-state index contributed by atoms with van der Waals surface area (Å²) < 4.78 is 21.5. The lowest BCUT2D eigenvalue weighted by Crippen LogP contribution is -2.56. The molecule has 2 heterocycles. The number of rotatable bonds is 4. The number of fused-ring (bicyclic) bond motifs is 1. The zero-order valence-corrected chi connectivity index (χ0v) is 19.0. The van der Waals surface area contributed by atoms with Gasteiger partial charge in [0.25, 0.3) is 0 Å². The van der Waals surface area contributed by atoms with Gasteiger partial charge in [0.15, 0.2) is 0 Å². The molecule has 2 amide bonds. The minimum atomic E-state index is -0.312. The summed E-state index contributed by atoms with van der Waals surface area (Å²) >= 11 is 0. The number of carbonyl (C=O) groups is 2. The number of nitrogens with zero attached hydrogens (tertiary/aromatic N) is 3. The standard InChI is InChI=1S/C25H31FN4O3/c1-14-28-21-8-18(26)2-3-22(21)30(14)19-4-5-29(12-19)24(32)33-13-20-16-6-15-7-17(20)11-25(9-15,10-16)23(27)31/h2-3,8,15-17,19-20H,4-7,9-13H2,1H3,(H2,27,31)/t15?,16?,17?,19-,20?,25?/m0/s1. The highest BCUT2D eigenvalue weighted by Gasteiger charge is 2.58. The number of benzene rings is 1. The van der Waals surface area contributed by atoms with Crippen molar-refractivity contribution in [2.75, 3.05) is 19.7 Å². The number of aromatic nitrogens is 2. The quantitative estimate of drug-likeness (QED) is 0.761. The molecular formula is C25H31FN4O3. The van der Waals surface area contributed by atoms with Crippen molar-refractivity contribution >= 4 is 23.0 Å². The van der Waals surface area contributed by atoms with Gasteiger partial charge in [-0.15, -0.1) is 0 Å². The fraction of sp³-hybridized carbons (Fsp3) is 0.640. The lowest BCUT2D eigenvalue weighted by molar-refractivity contribution is -0.152. The molecule has 5 fully saturated rings. The summed E-state index contributed by atoms with van der Waals surface area (Å²) in [5.74, 6) is 2.20. The van der Waals surface area contributed by atoms with Gasteiger partial charge in [0.2, 0.25) is 5.91 Å². The molecule has 4 saturated carbocycles. The van der Waals surface area contributed by atoms with Crippen molar-refractivity contribution in [3.63, 3.8) is 0 Å². The molecule has 4 bridgehead atoms. The van der Waals surface area contributed by atoms with E-state index in [0.29, 0.717) is 48.9 Å². The van der Waals surface area contributed by atoms with Gasteiger partial charge in [-0.25, -0.2) is 14.2 Å². The molecule has 0 spiro atoms. The third-order valence-corrected chi connectivity index (χ3v) is 9.00. The van der Waals surface area contributed by atoms with Crippen molar-refractivity contribution < 1.29 is 18.7 Å². The van der Waals surface area contributed by atoms with Crippen LogP contribution >= 0.6 is 0 Å². The second-order valence-corrected chi connectivity index (χ2v) is 10.9. The first-order valence-electron chi connectivity index (χ1n) is 12.2. The predicted octanol–water partition coefficient (Wildman–Crippen LogP) is 3.80. The summed E-state index contributed by atoms with van der Waals surface area (Å²) in [5.41, 5.74) is 7.02. The predicted molar refractivity (Wildman–Crippen MR) is 120 cm³/mol. The first kappa shape index (κ1) is 20.9. The largest absolute Gasteiger partial charge is 0.449 e. The molecule has 33 heavy (non-hydrogen) atoms. The zero-order valence-electron chi connectivity index (χ0n) is 19.0. The highest BCUT2D eigenvalue weighted by molar-refractivity contribution is 5.81. The van der Waals surface area contributed by atoms with Gasteiger partial charge in [0.1, 0.15) is 11.6 Å². The van der Waals surface area contributed by atoms with Crippen LogP contribution in [0.3, 0.4) is 0 Å². The third-order valence-electron chi connectivity index (χ3n) is 9.00. The lowest BCUT2D eigenvalue weighted by Gasteiger charge is -2.58. The number of halogens is 1. The Balaban J connectivity index is 1.10. The number of ether oxygens (including phenoxy) is 1. The van der Waals surface area contributed by atoms with Crippen LogP contribution in [0.2, 0.25) is 0 Å². The van der Waals surface area contributed by atoms with Gasteiger partial charge in [-0.1, -0.05) is 0 Å². The first-order chi connectivity index (χ1) is 15.8. The zero-order chi connectivity index (χ0) is 22.9. The molecule has 7 rings (SSSR count). The fourth-order valence-corrected chi connectivity index (χ4v) is 7.73. The average Bonchev–Trinajstić information content (AvgIpc) is 3.35. The molecule has 4 aliphatic carbocycles. The average molecular weight is 455 g/mol. The van der Waals surface area contributed by atoms with Crippen LogP contribution in [0.4, 0.5) is 9.18 Å². The van der Waals surface area contributed by atoms with E-state index in [4.69, 9.17) is 10.5 Å². The minimum absolute atomic E-state index is 0.101. The maximum absolute atomic E-state index is 13.6. The van der Waals surface area contributed by atoms with E-state index in [1.807, 2.05) is 6.92 Å². The number of primary amides is 1. The minimum Gasteiger partial charge on any atom is -0.449 e. The topological polar surface area (TPSA) is 90.4 Å². The van der Waals surface area contributed by atoms with Crippen LogP contribution in [0.15, 0.2) is 18.2 Å². The molecule has 1 aliphatic heterocycles. The van der Waals surface area contributed by atoms with Crippen LogP contribution in [-0.2, 0) is 9.53 Å². The summed E-state index contributed by atoms with van der Waals surface area (Å²) in [6.45, 7) is 3.55. The molecule has 3 atom stereocenters. The van der Waals surface area contributed by atoms with E-state index in [0.717, 1.165) is 49.9 Å². The maximum atomic E-state index is 13.6. The Morgan fingerprint density at radius 3 is 2.73 bits per heavy atom. The van der Waals surface area contributed by atoms with Crippen molar-refractivity contribution in [2.24, 2.45) is 34.8 Å². The second kappa shape index (κ2) is 7.43. The van der Waals surface area contributed by atoms with Crippen LogP contribution in [-0.4, -0.2) is 46.1 Å². The molecule has 2 N–H and O–H groups in total. The monoisotopic (exact) mass is 454 g/mol. The smallest absolute Gasteiger partial charge is 0.409 e. The highest BCUT2D eigenvalue weighted by Crippen LogP contribution is 2.62. The van der Waals surface area contributed by atoms with Gasteiger partial charge in [-0.2, -0.15) is 0 Å². The summed E-state index contributed by atoms with van der Waals surface area (Å²) in [6.07, 6.45) is 5.49. The molecule has 2 aromatic rings. The Morgan fingerprint density at radius 1 is 1.24 bits per heavy atom. The fourth-order valence-electron chi connectivity index (χ4n) is 7.73. The summed E-state index contributed by atoms with van der Waals surface area (Å²) in [7, 11) is 0. The summed E-state index contributed by atoms with van der Waals surface area (Å²) in [4.78, 5) is 31.4. The van der Waals surface area contributed by atoms with Gasteiger partial charge < -0.3 is 19.9 Å². The third kappa shape index (κ3) is 3.32. The molecule has 1 aromatic heterocycles. The molecular weight excluding hydrogens is 423 g/mol. The number of hydrogen-bond acceptors (Lipinski definition) is 4. The van der Waals surface area contributed by atoms with Crippen molar-refractivity contribution in [3.8, 4) is 0 Å². The SMILES string of the molecule is Cc1nc2cc(F)ccc2n1[C@H]1CCN(C(=O)OCC2C3CC4CC2CC(C(N)=O)(C4)C3)C1. The van der Waals surface area contributed by atoms with Gasteiger partial charge in [0.05, 0.1) is 23.7 Å². The molecule has 5 aliphatic rings. The summed E-state index contributed by atoms with van der Waals surface area (Å²) in [5, 5.41) is 0. The number of nitrogens with two attached hydrogens (primary N) is 1. The van der Waals surface area contributed by atoms with E-state index in [-0.39, 0.29) is 29.3 Å². The van der Waals surface area contributed by atoms with Crippen molar-refractivity contribution in [1.82, 2.24) is 14.5 Å². The maximum Gasteiger partial charge on any atom is 0.409 e. The Morgan fingerprint density at radius 2 is 2.00 bits per heavy atom. The highest BCUT2D eigenvalue weighted by atomic mass is 19.1. The molecule has 176 valence electrons. The molecule has 2 unspecified atom stereocenters. The van der Waals surface area contributed by atoms with Crippen LogP contribution in [0.25, 0.3) is 11.0 Å². The molecule has 7 nitrogen and oxygen atoms in total. The van der Waals surface area contributed by atoms with Gasteiger partial charge in [-0.3, -0.25) is 4.79 Å². The normalized spacial score (nSPS) is 34.8. The van der Waals surface area contributed by atoms with E-state index in [2.05, 4.69) is 9.55 Å². The van der Waals surface area contributed by atoms with E-state index < -0.39 is 0 Å². The molecule has 8 heteroatoms. The Bertz CT molecular complexity index is 1110.